The molecule has 0 aliphatic carbocycles. The van der Waals surface area contributed by atoms with Gasteiger partial charge in [-0.05, 0) is 77.0 Å². The molecule has 0 bridgehead atoms. The Morgan fingerprint density at radius 2 is 2.00 bits per heavy atom. The topological polar surface area (TPSA) is 61.8 Å². The van der Waals surface area contributed by atoms with Crippen LogP contribution in [0.3, 0.4) is 0 Å². The molecule has 0 aliphatic heterocycles. The number of halogens is 2. The second kappa shape index (κ2) is 13.2. The van der Waals surface area contributed by atoms with Gasteiger partial charge in [0.1, 0.15) is 10.8 Å². The van der Waals surface area contributed by atoms with Crippen LogP contribution in [0.4, 0.5) is 0 Å². The van der Waals surface area contributed by atoms with Crippen molar-refractivity contribution in [1.82, 2.24) is 10.2 Å². The van der Waals surface area contributed by atoms with Crippen LogP contribution in [-0.4, -0.2) is 55.8 Å². The highest BCUT2D eigenvalue weighted by Crippen LogP contribution is 2.33. The summed E-state index contributed by atoms with van der Waals surface area (Å²) in [6.45, 7) is 9.17. The normalized spacial score (nSPS) is 12.4. The average molecular weight is 419 g/mol. The average Bonchev–Trinajstić information content (AvgIpc) is 2.63. The second-order valence-electron chi connectivity index (χ2n) is 6.97. The minimum atomic E-state index is -1.05. The predicted octanol–water partition coefficient (Wildman–Crippen LogP) is 4.81. The number of benzene rings is 1. The molecule has 27 heavy (non-hydrogen) atoms. The molecule has 154 valence electrons. The highest BCUT2D eigenvalue weighted by atomic mass is 35.5. The number of aromatic carboxylic acids is 1. The highest BCUT2D eigenvalue weighted by molar-refractivity contribution is 6.43. The van der Waals surface area contributed by atoms with Crippen molar-refractivity contribution in [2.45, 2.75) is 39.5 Å². The molecule has 0 radical (unpaired) electrons. The highest BCUT2D eigenvalue weighted by Gasteiger charge is 2.13. The van der Waals surface area contributed by atoms with E-state index in [0.29, 0.717) is 18.3 Å². The molecule has 0 fully saturated rings. The van der Waals surface area contributed by atoms with Crippen molar-refractivity contribution < 1.29 is 14.6 Å². The van der Waals surface area contributed by atoms with Gasteiger partial charge in [0.05, 0.1) is 17.2 Å². The van der Waals surface area contributed by atoms with E-state index >= 15 is 0 Å². The molecule has 0 heterocycles. The molecule has 1 atom stereocenters. The number of carboxylic acids is 1. The predicted molar refractivity (Wildman–Crippen MR) is 113 cm³/mol. The minimum absolute atomic E-state index is 0.0740. The van der Waals surface area contributed by atoms with Crippen molar-refractivity contribution in [3.63, 3.8) is 0 Å². The molecule has 7 heteroatoms. The van der Waals surface area contributed by atoms with Gasteiger partial charge in [-0.2, -0.15) is 0 Å². The van der Waals surface area contributed by atoms with E-state index in [1.54, 1.807) is 0 Å². The lowest BCUT2D eigenvalue weighted by Crippen LogP contribution is -2.25. The van der Waals surface area contributed by atoms with Crippen LogP contribution in [0.2, 0.25) is 10.0 Å². The number of rotatable bonds is 14. The van der Waals surface area contributed by atoms with E-state index in [2.05, 4.69) is 31.1 Å². The van der Waals surface area contributed by atoms with Crippen LogP contribution in [0.5, 0.6) is 5.75 Å². The summed E-state index contributed by atoms with van der Waals surface area (Å²) in [7, 11) is 2.17. The summed E-state index contributed by atoms with van der Waals surface area (Å²) in [5, 5.41) is 12.9. The Kier molecular flexibility index (Phi) is 11.8. The van der Waals surface area contributed by atoms with Gasteiger partial charge in [-0.1, -0.05) is 37.0 Å². The van der Waals surface area contributed by atoms with Crippen LogP contribution >= 0.6 is 23.2 Å². The van der Waals surface area contributed by atoms with Crippen LogP contribution in [0.15, 0.2) is 12.1 Å². The van der Waals surface area contributed by atoms with Crippen molar-refractivity contribution >= 4 is 29.2 Å². The Hall–Kier alpha value is -1.01. The van der Waals surface area contributed by atoms with Gasteiger partial charge in [0.15, 0.2) is 0 Å². The van der Waals surface area contributed by atoms with Gasteiger partial charge in [-0.3, -0.25) is 0 Å². The van der Waals surface area contributed by atoms with Crippen molar-refractivity contribution in [2.75, 3.05) is 39.8 Å². The molecule has 2 N–H and O–H groups in total. The number of hydrogen-bond donors (Lipinski definition) is 2. The van der Waals surface area contributed by atoms with E-state index in [9.17, 15) is 4.79 Å². The molecule has 0 spiro atoms. The zero-order chi connectivity index (χ0) is 20.2. The van der Waals surface area contributed by atoms with Crippen LogP contribution < -0.4 is 10.1 Å². The smallest absolute Gasteiger partial charge is 0.335 e. The Morgan fingerprint density at radius 3 is 2.67 bits per heavy atom. The van der Waals surface area contributed by atoms with Gasteiger partial charge in [-0.25, -0.2) is 4.79 Å². The zero-order valence-electron chi connectivity index (χ0n) is 16.6. The third-order valence-corrected chi connectivity index (χ3v) is 5.27. The zero-order valence-corrected chi connectivity index (χ0v) is 18.1. The molecule has 5 nitrogen and oxygen atoms in total. The first-order valence-electron chi connectivity index (χ1n) is 9.59. The number of hydrogen-bond acceptors (Lipinski definition) is 4. The van der Waals surface area contributed by atoms with E-state index < -0.39 is 5.97 Å². The van der Waals surface area contributed by atoms with Crippen molar-refractivity contribution in [3.8, 4) is 5.75 Å². The minimum Gasteiger partial charge on any atom is -0.492 e. The van der Waals surface area contributed by atoms with Gasteiger partial charge in [0.25, 0.3) is 0 Å². The van der Waals surface area contributed by atoms with Crippen LogP contribution in [0.1, 0.15) is 49.9 Å². The first-order valence-corrected chi connectivity index (χ1v) is 10.3. The summed E-state index contributed by atoms with van der Waals surface area (Å²) >= 11 is 12.1. The van der Waals surface area contributed by atoms with Gasteiger partial charge in [0.2, 0.25) is 0 Å². The number of carboxylic acid groups (broad SMARTS) is 1. The van der Waals surface area contributed by atoms with Crippen LogP contribution in [0, 0.1) is 5.92 Å². The van der Waals surface area contributed by atoms with E-state index in [0.717, 1.165) is 45.4 Å². The van der Waals surface area contributed by atoms with Crippen molar-refractivity contribution in [1.29, 1.82) is 0 Å². The first kappa shape index (κ1) is 24.0. The molecule has 0 saturated heterocycles. The lowest BCUT2D eigenvalue weighted by molar-refractivity contribution is 0.0696. The quantitative estimate of drug-likeness (QED) is 0.424. The summed E-state index contributed by atoms with van der Waals surface area (Å²) in [4.78, 5) is 13.5. The van der Waals surface area contributed by atoms with Crippen LogP contribution in [0.25, 0.3) is 0 Å². The van der Waals surface area contributed by atoms with Crippen LogP contribution in [-0.2, 0) is 0 Å². The summed E-state index contributed by atoms with van der Waals surface area (Å²) in [6.07, 6.45) is 4.26. The Morgan fingerprint density at radius 1 is 1.26 bits per heavy atom. The van der Waals surface area contributed by atoms with Gasteiger partial charge in [-0.15, -0.1) is 0 Å². The first-order chi connectivity index (χ1) is 12.8. The molecular formula is C20H32Cl2N2O3. The van der Waals surface area contributed by atoms with Gasteiger partial charge >= 0.3 is 5.97 Å². The molecular weight excluding hydrogens is 387 g/mol. The summed E-state index contributed by atoms with van der Waals surface area (Å²) in [5.74, 6) is -0.120. The fourth-order valence-electron chi connectivity index (χ4n) is 2.75. The monoisotopic (exact) mass is 418 g/mol. The lowest BCUT2D eigenvalue weighted by atomic mass is 10.0. The molecule has 1 unspecified atom stereocenters. The van der Waals surface area contributed by atoms with Gasteiger partial charge in [0, 0.05) is 0 Å². The molecule has 0 aromatic heterocycles. The maximum absolute atomic E-state index is 11.1. The van der Waals surface area contributed by atoms with E-state index in [1.165, 1.54) is 18.6 Å². The summed E-state index contributed by atoms with van der Waals surface area (Å²) in [5.41, 5.74) is 0.0740. The Balaban J connectivity index is 2.27. The maximum atomic E-state index is 11.1. The fraction of sp³-hybridized carbons (Fsp3) is 0.650. The van der Waals surface area contributed by atoms with Crippen molar-refractivity contribution in [3.05, 3.63) is 27.7 Å². The molecule has 0 amide bonds. The Bertz CT molecular complexity index is 585. The third-order valence-electron chi connectivity index (χ3n) is 4.49. The largest absolute Gasteiger partial charge is 0.492 e. The fourth-order valence-corrected chi connectivity index (χ4v) is 3.13. The number of nitrogens with zero attached hydrogens (tertiary/aromatic N) is 1. The molecule has 1 aromatic carbocycles. The lowest BCUT2D eigenvalue weighted by Gasteiger charge is -2.19. The second-order valence-corrected chi connectivity index (χ2v) is 7.76. The molecule has 1 aromatic rings. The molecule has 0 saturated carbocycles. The number of nitrogens with one attached hydrogen (secondary N) is 1. The SMILES string of the molecule is CCNCCCN(C)CCC(C)CCCOc1cc(C(=O)O)cc(Cl)c1Cl. The van der Waals surface area contributed by atoms with E-state index in [-0.39, 0.29) is 15.6 Å². The Labute approximate surface area is 173 Å². The van der Waals surface area contributed by atoms with Crippen molar-refractivity contribution in [2.24, 2.45) is 5.92 Å². The molecule has 1 rings (SSSR count). The number of ether oxygens (including phenoxy) is 1. The van der Waals surface area contributed by atoms with E-state index in [1.807, 2.05) is 0 Å². The summed E-state index contributed by atoms with van der Waals surface area (Å²) in [6, 6.07) is 2.75. The standard InChI is InChI=1S/C20H32Cl2N2O3/c1-4-23-9-6-10-24(3)11-8-15(2)7-5-12-27-18-14-16(20(25)26)13-17(21)19(18)22/h13-15,23H,4-12H2,1-3H3,(H,25,26). The van der Waals surface area contributed by atoms with Gasteiger partial charge < -0.3 is 20.1 Å². The third kappa shape index (κ3) is 9.65. The van der Waals surface area contributed by atoms with E-state index in [4.69, 9.17) is 33.0 Å². The number of carbonyl (C=O) groups is 1. The summed E-state index contributed by atoms with van der Waals surface area (Å²) < 4.78 is 5.66. The maximum Gasteiger partial charge on any atom is 0.335 e. The molecule has 0 aliphatic rings.